The number of benzene rings is 2. The highest BCUT2D eigenvalue weighted by molar-refractivity contribution is 5.77. The molecule has 0 saturated carbocycles. The summed E-state index contributed by atoms with van der Waals surface area (Å²) in [5, 5.41) is 2.90. The van der Waals surface area contributed by atoms with Crippen molar-refractivity contribution in [2.24, 2.45) is 0 Å². The molecule has 6 nitrogen and oxygen atoms in total. The molecule has 1 heterocycles. The van der Waals surface area contributed by atoms with E-state index in [1.165, 1.54) is 5.56 Å². The summed E-state index contributed by atoms with van der Waals surface area (Å²) < 4.78 is 16.0. The van der Waals surface area contributed by atoms with Crippen LogP contribution in [0.5, 0.6) is 11.5 Å². The van der Waals surface area contributed by atoms with E-state index in [0.717, 1.165) is 44.2 Å². The fourth-order valence-electron chi connectivity index (χ4n) is 2.93. The van der Waals surface area contributed by atoms with Crippen molar-refractivity contribution in [1.82, 2.24) is 10.2 Å². The van der Waals surface area contributed by atoms with Gasteiger partial charge in [0, 0.05) is 26.2 Å². The fraction of sp³-hybridized carbons (Fsp3) is 0.381. The van der Waals surface area contributed by atoms with Crippen molar-refractivity contribution in [1.29, 1.82) is 0 Å². The molecular formula is C21H26N2O4. The van der Waals surface area contributed by atoms with Crippen LogP contribution in [0.3, 0.4) is 0 Å². The molecule has 2 aromatic carbocycles. The molecule has 1 aliphatic heterocycles. The Morgan fingerprint density at radius 1 is 1.07 bits per heavy atom. The van der Waals surface area contributed by atoms with Gasteiger partial charge in [-0.3, -0.25) is 9.69 Å². The van der Waals surface area contributed by atoms with E-state index in [0.29, 0.717) is 12.3 Å². The first-order valence-corrected chi connectivity index (χ1v) is 9.14. The Morgan fingerprint density at radius 3 is 2.52 bits per heavy atom. The normalized spacial score (nSPS) is 14.6. The molecule has 6 heteroatoms. The van der Waals surface area contributed by atoms with Gasteiger partial charge in [0.1, 0.15) is 11.5 Å². The molecule has 0 aliphatic carbocycles. The second-order valence-electron chi connectivity index (χ2n) is 6.45. The minimum absolute atomic E-state index is 0.0141. The van der Waals surface area contributed by atoms with Crippen LogP contribution in [0.2, 0.25) is 0 Å². The third-order valence-electron chi connectivity index (χ3n) is 4.42. The molecule has 0 atom stereocenters. The van der Waals surface area contributed by atoms with Gasteiger partial charge < -0.3 is 19.5 Å². The van der Waals surface area contributed by atoms with Gasteiger partial charge in [-0.05, 0) is 35.4 Å². The number of amides is 1. The van der Waals surface area contributed by atoms with Crippen molar-refractivity contribution in [3.63, 3.8) is 0 Å². The van der Waals surface area contributed by atoms with Gasteiger partial charge in [0.05, 0.1) is 20.3 Å². The summed E-state index contributed by atoms with van der Waals surface area (Å²) in [7, 11) is 1.61. The van der Waals surface area contributed by atoms with E-state index in [-0.39, 0.29) is 12.5 Å². The molecule has 0 radical (unpaired) electrons. The smallest absolute Gasteiger partial charge is 0.258 e. The third-order valence-corrected chi connectivity index (χ3v) is 4.42. The summed E-state index contributed by atoms with van der Waals surface area (Å²) in [6.45, 7) is 4.90. The minimum atomic E-state index is -0.149. The molecule has 0 unspecified atom stereocenters. The predicted molar refractivity (Wildman–Crippen MR) is 103 cm³/mol. The summed E-state index contributed by atoms with van der Waals surface area (Å²) in [5.74, 6) is 1.24. The lowest BCUT2D eigenvalue weighted by Crippen LogP contribution is -2.35. The first kappa shape index (κ1) is 19.2. The van der Waals surface area contributed by atoms with Crippen LogP contribution in [0.4, 0.5) is 0 Å². The quantitative estimate of drug-likeness (QED) is 0.772. The zero-order valence-corrected chi connectivity index (χ0v) is 15.6. The number of hydrogen-bond donors (Lipinski definition) is 1. The maximum absolute atomic E-state index is 12.0. The van der Waals surface area contributed by atoms with Crippen LogP contribution in [-0.2, 0) is 22.6 Å². The number of hydrogen-bond acceptors (Lipinski definition) is 5. The fourth-order valence-corrected chi connectivity index (χ4v) is 2.93. The van der Waals surface area contributed by atoms with E-state index in [2.05, 4.69) is 22.3 Å². The summed E-state index contributed by atoms with van der Waals surface area (Å²) in [4.78, 5) is 14.4. The second-order valence-corrected chi connectivity index (χ2v) is 6.45. The Bertz CT molecular complexity index is 727. The molecule has 1 fully saturated rings. The summed E-state index contributed by atoms with van der Waals surface area (Å²) in [6, 6.07) is 15.5. The molecule has 1 saturated heterocycles. The van der Waals surface area contributed by atoms with Gasteiger partial charge in [0.2, 0.25) is 0 Å². The zero-order valence-electron chi connectivity index (χ0n) is 15.6. The lowest BCUT2D eigenvalue weighted by Gasteiger charge is -2.26. The Hall–Kier alpha value is -2.57. The molecule has 1 amide bonds. The number of ether oxygens (including phenoxy) is 3. The molecule has 2 aromatic rings. The number of methoxy groups -OCH3 is 1. The Balaban J connectivity index is 1.43. The van der Waals surface area contributed by atoms with Crippen LogP contribution in [0.25, 0.3) is 0 Å². The highest BCUT2D eigenvalue weighted by Crippen LogP contribution is 2.16. The number of carbonyl (C=O) groups is 1. The van der Waals surface area contributed by atoms with Gasteiger partial charge in [-0.25, -0.2) is 0 Å². The van der Waals surface area contributed by atoms with Crippen molar-refractivity contribution in [2.75, 3.05) is 40.0 Å². The molecule has 0 spiro atoms. The van der Waals surface area contributed by atoms with E-state index in [4.69, 9.17) is 14.2 Å². The van der Waals surface area contributed by atoms with E-state index >= 15 is 0 Å². The zero-order chi connectivity index (χ0) is 18.9. The second kappa shape index (κ2) is 9.94. The van der Waals surface area contributed by atoms with Crippen LogP contribution in [0.1, 0.15) is 11.1 Å². The van der Waals surface area contributed by atoms with Crippen LogP contribution >= 0.6 is 0 Å². The molecular weight excluding hydrogens is 344 g/mol. The number of nitrogens with one attached hydrogen (secondary N) is 1. The SMILES string of the molecule is COc1ccc(OCC(=O)NCc2cccc(CN3CCOCC3)c2)cc1. The Morgan fingerprint density at radius 2 is 1.78 bits per heavy atom. The number of rotatable bonds is 8. The maximum Gasteiger partial charge on any atom is 0.258 e. The Labute approximate surface area is 160 Å². The summed E-state index contributed by atoms with van der Waals surface area (Å²) in [5.41, 5.74) is 2.33. The molecule has 144 valence electrons. The highest BCUT2D eigenvalue weighted by Gasteiger charge is 2.11. The predicted octanol–water partition coefficient (Wildman–Crippen LogP) is 2.22. The third kappa shape index (κ3) is 6.27. The van der Waals surface area contributed by atoms with E-state index in [1.807, 2.05) is 12.1 Å². The van der Waals surface area contributed by atoms with E-state index in [1.54, 1.807) is 31.4 Å². The Kier molecular flexibility index (Phi) is 7.07. The standard InChI is InChI=1S/C21H26N2O4/c1-25-19-5-7-20(8-6-19)27-16-21(24)22-14-17-3-2-4-18(13-17)15-23-9-11-26-12-10-23/h2-8,13H,9-12,14-16H2,1H3,(H,22,24). The molecule has 0 aromatic heterocycles. The van der Waals surface area contributed by atoms with Crippen molar-refractivity contribution in [3.8, 4) is 11.5 Å². The van der Waals surface area contributed by atoms with Crippen molar-refractivity contribution in [2.45, 2.75) is 13.1 Å². The van der Waals surface area contributed by atoms with Crippen LogP contribution < -0.4 is 14.8 Å². The molecule has 27 heavy (non-hydrogen) atoms. The molecule has 3 rings (SSSR count). The van der Waals surface area contributed by atoms with Crippen molar-refractivity contribution < 1.29 is 19.0 Å². The van der Waals surface area contributed by atoms with Crippen molar-refractivity contribution >= 4 is 5.91 Å². The van der Waals surface area contributed by atoms with Gasteiger partial charge in [-0.1, -0.05) is 24.3 Å². The van der Waals surface area contributed by atoms with Crippen LogP contribution in [0.15, 0.2) is 48.5 Å². The van der Waals surface area contributed by atoms with E-state index < -0.39 is 0 Å². The van der Waals surface area contributed by atoms with Gasteiger partial charge in [0.15, 0.2) is 6.61 Å². The molecule has 0 bridgehead atoms. The lowest BCUT2D eigenvalue weighted by atomic mass is 10.1. The number of morpholine rings is 1. The van der Waals surface area contributed by atoms with Crippen molar-refractivity contribution in [3.05, 3.63) is 59.7 Å². The first-order valence-electron chi connectivity index (χ1n) is 9.14. The van der Waals surface area contributed by atoms with E-state index in [9.17, 15) is 4.79 Å². The highest BCUT2D eigenvalue weighted by atomic mass is 16.5. The number of carbonyl (C=O) groups excluding carboxylic acids is 1. The summed E-state index contributed by atoms with van der Waals surface area (Å²) >= 11 is 0. The lowest BCUT2D eigenvalue weighted by molar-refractivity contribution is -0.123. The largest absolute Gasteiger partial charge is 0.497 e. The van der Waals surface area contributed by atoms with Gasteiger partial charge in [0.25, 0.3) is 5.91 Å². The van der Waals surface area contributed by atoms with Gasteiger partial charge in [-0.2, -0.15) is 0 Å². The summed E-state index contributed by atoms with van der Waals surface area (Å²) in [6.07, 6.45) is 0. The topological polar surface area (TPSA) is 60.0 Å². The monoisotopic (exact) mass is 370 g/mol. The molecule has 1 N–H and O–H groups in total. The van der Waals surface area contributed by atoms with Crippen LogP contribution in [0, 0.1) is 0 Å². The average Bonchev–Trinajstić information content (AvgIpc) is 2.72. The van der Waals surface area contributed by atoms with Crippen LogP contribution in [-0.4, -0.2) is 50.8 Å². The maximum atomic E-state index is 12.0. The minimum Gasteiger partial charge on any atom is -0.497 e. The number of nitrogens with zero attached hydrogens (tertiary/aromatic N) is 1. The van der Waals surface area contributed by atoms with Gasteiger partial charge in [-0.15, -0.1) is 0 Å². The molecule has 1 aliphatic rings. The van der Waals surface area contributed by atoms with Gasteiger partial charge >= 0.3 is 0 Å². The first-order chi connectivity index (χ1) is 13.2. The average molecular weight is 370 g/mol.